The second-order valence-electron chi connectivity index (χ2n) is 6.97. The molecule has 0 radical (unpaired) electrons. The second kappa shape index (κ2) is 7.20. The van der Waals surface area contributed by atoms with Gasteiger partial charge in [0.25, 0.3) is 11.1 Å². The summed E-state index contributed by atoms with van der Waals surface area (Å²) in [6.45, 7) is 6.42. The Morgan fingerprint density at radius 1 is 1.23 bits per heavy atom. The van der Waals surface area contributed by atoms with E-state index in [4.69, 9.17) is 0 Å². The van der Waals surface area contributed by atoms with E-state index >= 15 is 0 Å². The second-order valence-corrected chi connectivity index (χ2v) is 8.92. The van der Waals surface area contributed by atoms with Crippen LogP contribution in [-0.4, -0.2) is 32.7 Å². The SMILES string of the molecule is CC(C)(C)c1ncc(C(=O)Nc2ccc(CN3C(=O)CSC3=O)cc2)s1. The van der Waals surface area contributed by atoms with E-state index in [1.165, 1.54) is 16.2 Å². The average molecular weight is 390 g/mol. The molecule has 1 aliphatic rings. The summed E-state index contributed by atoms with van der Waals surface area (Å²) >= 11 is 2.41. The molecule has 8 heteroatoms. The summed E-state index contributed by atoms with van der Waals surface area (Å²) in [4.78, 5) is 41.8. The van der Waals surface area contributed by atoms with Crippen LogP contribution >= 0.6 is 23.1 Å². The standard InChI is InChI=1S/C18H19N3O3S2/c1-18(2,3)16-19-8-13(26-16)15(23)20-12-6-4-11(5-7-12)9-21-14(22)10-25-17(21)24/h4-8H,9-10H2,1-3H3,(H,20,23). The van der Waals surface area contributed by atoms with Gasteiger partial charge in [0.05, 0.1) is 23.5 Å². The largest absolute Gasteiger partial charge is 0.321 e. The zero-order chi connectivity index (χ0) is 18.9. The maximum atomic E-state index is 12.4. The van der Waals surface area contributed by atoms with Crippen LogP contribution in [0, 0.1) is 0 Å². The minimum absolute atomic E-state index is 0.0897. The number of thiazole rings is 1. The molecule has 0 aliphatic carbocycles. The Morgan fingerprint density at radius 2 is 1.92 bits per heavy atom. The van der Waals surface area contributed by atoms with Crippen molar-refractivity contribution in [1.29, 1.82) is 0 Å². The van der Waals surface area contributed by atoms with Crippen LogP contribution in [0.5, 0.6) is 0 Å². The van der Waals surface area contributed by atoms with Crippen LogP contribution in [0.15, 0.2) is 30.5 Å². The predicted molar refractivity (Wildman–Crippen MR) is 104 cm³/mol. The van der Waals surface area contributed by atoms with E-state index < -0.39 is 0 Å². The predicted octanol–water partition coefficient (Wildman–Crippen LogP) is 3.89. The molecule has 0 saturated carbocycles. The molecule has 136 valence electrons. The first-order chi connectivity index (χ1) is 12.2. The number of nitrogens with zero attached hydrogens (tertiary/aromatic N) is 2. The lowest BCUT2D eigenvalue weighted by Gasteiger charge is -2.13. The molecule has 2 heterocycles. The lowest BCUT2D eigenvalue weighted by atomic mass is 9.98. The fraction of sp³-hybridized carbons (Fsp3) is 0.333. The van der Waals surface area contributed by atoms with Crippen LogP contribution in [0.2, 0.25) is 0 Å². The van der Waals surface area contributed by atoms with Gasteiger partial charge in [0.2, 0.25) is 5.91 Å². The smallest absolute Gasteiger partial charge is 0.289 e. The van der Waals surface area contributed by atoms with Crippen molar-refractivity contribution in [2.24, 2.45) is 0 Å². The number of carbonyl (C=O) groups excluding carboxylic acids is 3. The Bertz CT molecular complexity index is 837. The van der Waals surface area contributed by atoms with Crippen molar-refractivity contribution in [2.45, 2.75) is 32.7 Å². The lowest BCUT2D eigenvalue weighted by molar-refractivity contribution is -0.125. The highest BCUT2D eigenvalue weighted by Crippen LogP contribution is 2.27. The number of rotatable bonds is 4. The van der Waals surface area contributed by atoms with Gasteiger partial charge in [-0.05, 0) is 17.7 Å². The van der Waals surface area contributed by atoms with Crippen molar-refractivity contribution < 1.29 is 14.4 Å². The first-order valence-corrected chi connectivity index (χ1v) is 9.88. The summed E-state index contributed by atoms with van der Waals surface area (Å²) in [5.74, 6) is -0.164. The van der Waals surface area contributed by atoms with Crippen LogP contribution in [0.4, 0.5) is 10.5 Å². The Morgan fingerprint density at radius 3 is 2.46 bits per heavy atom. The molecule has 1 saturated heterocycles. The zero-order valence-corrected chi connectivity index (χ0v) is 16.4. The van der Waals surface area contributed by atoms with E-state index in [1.54, 1.807) is 30.5 Å². The van der Waals surface area contributed by atoms with Crippen LogP contribution in [-0.2, 0) is 16.8 Å². The van der Waals surface area contributed by atoms with Crippen molar-refractivity contribution in [3.05, 3.63) is 45.9 Å². The highest BCUT2D eigenvalue weighted by atomic mass is 32.2. The minimum Gasteiger partial charge on any atom is -0.321 e. The molecule has 1 fully saturated rings. The highest BCUT2D eigenvalue weighted by molar-refractivity contribution is 8.14. The van der Waals surface area contributed by atoms with E-state index in [-0.39, 0.29) is 34.8 Å². The molecule has 1 aromatic carbocycles. The van der Waals surface area contributed by atoms with Gasteiger partial charge in [-0.1, -0.05) is 44.7 Å². The molecule has 26 heavy (non-hydrogen) atoms. The van der Waals surface area contributed by atoms with Crippen LogP contribution in [0.3, 0.4) is 0 Å². The number of nitrogens with one attached hydrogen (secondary N) is 1. The fourth-order valence-electron chi connectivity index (χ4n) is 2.33. The molecule has 3 rings (SSSR count). The van der Waals surface area contributed by atoms with Gasteiger partial charge < -0.3 is 5.32 Å². The molecule has 0 atom stereocenters. The molecule has 0 bridgehead atoms. The Labute approximate surface area is 160 Å². The van der Waals surface area contributed by atoms with Gasteiger partial charge in [0.15, 0.2) is 0 Å². The van der Waals surface area contributed by atoms with Gasteiger partial charge >= 0.3 is 0 Å². The normalized spacial score (nSPS) is 14.8. The summed E-state index contributed by atoms with van der Waals surface area (Å²) in [5.41, 5.74) is 1.39. The van der Waals surface area contributed by atoms with Crippen molar-refractivity contribution >= 4 is 45.8 Å². The van der Waals surface area contributed by atoms with Gasteiger partial charge in [-0.25, -0.2) is 4.98 Å². The number of imide groups is 1. The first-order valence-electron chi connectivity index (χ1n) is 8.08. The molecule has 1 N–H and O–H groups in total. The Balaban J connectivity index is 1.64. The monoisotopic (exact) mass is 389 g/mol. The van der Waals surface area contributed by atoms with Gasteiger partial charge in [0.1, 0.15) is 4.88 Å². The van der Waals surface area contributed by atoms with Crippen molar-refractivity contribution in [3.63, 3.8) is 0 Å². The number of carbonyl (C=O) groups is 3. The van der Waals surface area contributed by atoms with E-state index in [2.05, 4.69) is 31.1 Å². The van der Waals surface area contributed by atoms with Gasteiger partial charge in [-0.15, -0.1) is 11.3 Å². The number of thioether (sulfide) groups is 1. The van der Waals surface area contributed by atoms with Gasteiger partial charge in [-0.2, -0.15) is 0 Å². The molecule has 6 nitrogen and oxygen atoms in total. The minimum atomic E-state index is -0.216. The zero-order valence-electron chi connectivity index (χ0n) is 14.7. The maximum absolute atomic E-state index is 12.4. The number of anilines is 1. The summed E-state index contributed by atoms with van der Waals surface area (Å²) < 4.78 is 0. The van der Waals surface area contributed by atoms with Gasteiger partial charge in [0, 0.05) is 11.1 Å². The maximum Gasteiger partial charge on any atom is 0.289 e. The molecule has 1 aromatic heterocycles. The molecular formula is C18H19N3O3S2. The highest BCUT2D eigenvalue weighted by Gasteiger charge is 2.29. The van der Waals surface area contributed by atoms with Crippen LogP contribution < -0.4 is 5.32 Å². The van der Waals surface area contributed by atoms with E-state index in [9.17, 15) is 14.4 Å². The Hall–Kier alpha value is -2.19. The third-order valence-electron chi connectivity index (χ3n) is 3.76. The molecule has 2 aromatic rings. The number of hydrogen-bond donors (Lipinski definition) is 1. The summed E-state index contributed by atoms with van der Waals surface area (Å²) in [5, 5.41) is 3.54. The molecule has 0 spiro atoms. The van der Waals surface area contributed by atoms with E-state index in [0.29, 0.717) is 10.6 Å². The van der Waals surface area contributed by atoms with E-state index in [1.807, 2.05) is 0 Å². The third kappa shape index (κ3) is 4.13. The summed E-state index contributed by atoms with van der Waals surface area (Å²) in [6.07, 6.45) is 1.59. The lowest BCUT2D eigenvalue weighted by Crippen LogP contribution is -2.27. The quantitative estimate of drug-likeness (QED) is 0.858. The molecular weight excluding hydrogens is 370 g/mol. The van der Waals surface area contributed by atoms with Crippen molar-refractivity contribution in [1.82, 2.24) is 9.88 Å². The summed E-state index contributed by atoms with van der Waals surface area (Å²) in [6, 6.07) is 7.12. The van der Waals surface area contributed by atoms with E-state index in [0.717, 1.165) is 22.3 Å². The van der Waals surface area contributed by atoms with Gasteiger partial charge in [-0.3, -0.25) is 19.3 Å². The summed E-state index contributed by atoms with van der Waals surface area (Å²) in [7, 11) is 0. The number of amides is 3. The number of aromatic nitrogens is 1. The number of benzene rings is 1. The molecule has 1 aliphatic heterocycles. The average Bonchev–Trinajstić information content (AvgIpc) is 3.19. The van der Waals surface area contributed by atoms with Crippen LogP contribution in [0.25, 0.3) is 0 Å². The number of hydrogen-bond acceptors (Lipinski definition) is 6. The van der Waals surface area contributed by atoms with Crippen molar-refractivity contribution in [2.75, 3.05) is 11.1 Å². The molecule has 3 amide bonds. The fourth-order valence-corrected chi connectivity index (χ4v) is 3.92. The van der Waals surface area contributed by atoms with Crippen LogP contribution in [0.1, 0.15) is 41.0 Å². The molecule has 0 unspecified atom stereocenters. The van der Waals surface area contributed by atoms with Crippen molar-refractivity contribution in [3.8, 4) is 0 Å². The first kappa shape index (κ1) is 18.6. The topological polar surface area (TPSA) is 79.4 Å². The third-order valence-corrected chi connectivity index (χ3v) is 6.04. The Kier molecular flexibility index (Phi) is 5.15.